The summed E-state index contributed by atoms with van der Waals surface area (Å²) in [6, 6.07) is 10.7. The molecule has 0 aliphatic heterocycles. The lowest BCUT2D eigenvalue weighted by molar-refractivity contribution is 0.0697. The highest BCUT2D eigenvalue weighted by molar-refractivity contribution is 5.88. The monoisotopic (exact) mass is 242 g/mol. The molecule has 1 aromatic carbocycles. The molecule has 0 bridgehead atoms. The Morgan fingerprint density at radius 2 is 2.17 bits per heavy atom. The van der Waals surface area contributed by atoms with Gasteiger partial charge < -0.3 is 10.4 Å². The maximum atomic E-state index is 10.8. The normalized spacial score (nSPS) is 10.1. The number of hydrogen-bond acceptors (Lipinski definition) is 3. The lowest BCUT2D eigenvalue weighted by Gasteiger charge is -2.06. The van der Waals surface area contributed by atoms with Gasteiger partial charge in [0, 0.05) is 11.9 Å². The minimum Gasteiger partial charge on any atom is -0.478 e. The number of hydrogen-bond donors (Lipinski definition) is 2. The Balaban J connectivity index is 2.04. The van der Waals surface area contributed by atoms with Gasteiger partial charge in [0.1, 0.15) is 0 Å². The highest BCUT2D eigenvalue weighted by Gasteiger charge is 2.02. The van der Waals surface area contributed by atoms with E-state index in [1.807, 2.05) is 31.3 Å². The summed E-state index contributed by atoms with van der Waals surface area (Å²) in [7, 11) is 0. The predicted octanol–water partition coefficient (Wildman–Crippen LogP) is 2.70. The number of carboxylic acids is 1. The molecule has 0 saturated carbocycles. The molecule has 2 aromatic rings. The molecule has 0 unspecified atom stereocenters. The molecule has 0 saturated heterocycles. The Labute approximate surface area is 105 Å². The van der Waals surface area contributed by atoms with Crippen molar-refractivity contribution in [3.8, 4) is 0 Å². The van der Waals surface area contributed by atoms with E-state index in [9.17, 15) is 4.79 Å². The first-order chi connectivity index (χ1) is 8.65. The average Bonchev–Trinajstić information content (AvgIpc) is 2.38. The van der Waals surface area contributed by atoms with Crippen LogP contribution in [0.4, 0.5) is 5.69 Å². The molecule has 0 fully saturated rings. The van der Waals surface area contributed by atoms with Crippen molar-refractivity contribution in [3.05, 3.63) is 59.4 Å². The molecule has 0 atom stereocenters. The Morgan fingerprint density at radius 1 is 1.33 bits per heavy atom. The summed E-state index contributed by atoms with van der Waals surface area (Å²) < 4.78 is 0. The van der Waals surface area contributed by atoms with Crippen molar-refractivity contribution in [3.63, 3.8) is 0 Å². The number of rotatable bonds is 4. The SMILES string of the molecule is Cc1ccc(CNc2cccc(C(=O)O)c2)nc1. The van der Waals surface area contributed by atoms with E-state index in [0.29, 0.717) is 6.54 Å². The highest BCUT2D eigenvalue weighted by atomic mass is 16.4. The van der Waals surface area contributed by atoms with Crippen molar-refractivity contribution in [2.24, 2.45) is 0 Å². The standard InChI is InChI=1S/C14H14N2O2/c1-10-5-6-13(15-8-10)9-16-12-4-2-3-11(7-12)14(17)18/h2-8,16H,9H2,1H3,(H,17,18). The van der Waals surface area contributed by atoms with Gasteiger partial charge in [-0.1, -0.05) is 12.1 Å². The fourth-order valence-electron chi connectivity index (χ4n) is 1.56. The van der Waals surface area contributed by atoms with Gasteiger partial charge in [-0.25, -0.2) is 4.79 Å². The zero-order valence-corrected chi connectivity index (χ0v) is 10.1. The Hall–Kier alpha value is -2.36. The summed E-state index contributed by atoms with van der Waals surface area (Å²) in [5, 5.41) is 12.0. The fourth-order valence-corrected chi connectivity index (χ4v) is 1.56. The van der Waals surface area contributed by atoms with Crippen molar-refractivity contribution in [1.82, 2.24) is 4.98 Å². The summed E-state index contributed by atoms with van der Waals surface area (Å²) in [5.74, 6) is -0.924. The molecule has 2 rings (SSSR count). The number of aromatic nitrogens is 1. The summed E-state index contributed by atoms with van der Waals surface area (Å²) in [5.41, 5.74) is 3.09. The number of pyridine rings is 1. The molecule has 0 spiro atoms. The lowest BCUT2D eigenvalue weighted by atomic mass is 10.2. The Bertz CT molecular complexity index is 550. The third-order valence-corrected chi connectivity index (χ3v) is 2.56. The molecule has 4 nitrogen and oxygen atoms in total. The smallest absolute Gasteiger partial charge is 0.335 e. The van der Waals surface area contributed by atoms with Crippen molar-refractivity contribution in [2.75, 3.05) is 5.32 Å². The molecule has 1 aromatic heterocycles. The first-order valence-corrected chi connectivity index (χ1v) is 5.64. The number of benzene rings is 1. The number of carboxylic acid groups (broad SMARTS) is 1. The molecular weight excluding hydrogens is 228 g/mol. The third kappa shape index (κ3) is 3.07. The fraction of sp³-hybridized carbons (Fsp3) is 0.143. The van der Waals surface area contributed by atoms with Crippen LogP contribution in [0.1, 0.15) is 21.6 Å². The molecule has 18 heavy (non-hydrogen) atoms. The van der Waals surface area contributed by atoms with Crippen LogP contribution in [0, 0.1) is 6.92 Å². The molecule has 0 aliphatic rings. The van der Waals surface area contributed by atoms with Gasteiger partial charge in [-0.3, -0.25) is 4.98 Å². The largest absolute Gasteiger partial charge is 0.478 e. The molecule has 0 aliphatic carbocycles. The van der Waals surface area contributed by atoms with Gasteiger partial charge in [-0.2, -0.15) is 0 Å². The number of nitrogens with zero attached hydrogens (tertiary/aromatic N) is 1. The van der Waals surface area contributed by atoms with Gasteiger partial charge in [0.2, 0.25) is 0 Å². The molecule has 0 amide bonds. The van der Waals surface area contributed by atoms with E-state index in [-0.39, 0.29) is 5.56 Å². The van der Waals surface area contributed by atoms with E-state index in [4.69, 9.17) is 5.11 Å². The second kappa shape index (κ2) is 5.31. The number of nitrogens with one attached hydrogen (secondary N) is 1. The quantitative estimate of drug-likeness (QED) is 0.865. The topological polar surface area (TPSA) is 62.2 Å². The van der Waals surface area contributed by atoms with Crippen molar-refractivity contribution >= 4 is 11.7 Å². The molecule has 0 radical (unpaired) electrons. The van der Waals surface area contributed by atoms with Crippen LogP contribution in [0.5, 0.6) is 0 Å². The lowest BCUT2D eigenvalue weighted by Crippen LogP contribution is -2.03. The summed E-state index contributed by atoms with van der Waals surface area (Å²) >= 11 is 0. The highest BCUT2D eigenvalue weighted by Crippen LogP contribution is 2.11. The molecule has 92 valence electrons. The first-order valence-electron chi connectivity index (χ1n) is 5.64. The Kier molecular flexibility index (Phi) is 3.57. The van der Waals surface area contributed by atoms with E-state index < -0.39 is 5.97 Å². The average molecular weight is 242 g/mol. The molecule has 2 N–H and O–H groups in total. The van der Waals surface area contributed by atoms with Crippen LogP contribution in [0.3, 0.4) is 0 Å². The number of aromatic carboxylic acids is 1. The second-order valence-corrected chi connectivity index (χ2v) is 4.07. The minimum absolute atomic E-state index is 0.275. The van der Waals surface area contributed by atoms with Crippen LogP contribution in [-0.2, 0) is 6.54 Å². The van der Waals surface area contributed by atoms with E-state index in [0.717, 1.165) is 16.9 Å². The Morgan fingerprint density at radius 3 is 2.83 bits per heavy atom. The molecule has 4 heteroatoms. The van der Waals surface area contributed by atoms with Crippen LogP contribution < -0.4 is 5.32 Å². The minimum atomic E-state index is -0.924. The number of anilines is 1. The number of carbonyl (C=O) groups is 1. The maximum absolute atomic E-state index is 10.8. The predicted molar refractivity (Wildman–Crippen MR) is 69.7 cm³/mol. The van der Waals surface area contributed by atoms with Crippen LogP contribution in [0.2, 0.25) is 0 Å². The zero-order valence-electron chi connectivity index (χ0n) is 10.1. The van der Waals surface area contributed by atoms with Gasteiger partial charge in [-0.15, -0.1) is 0 Å². The van der Waals surface area contributed by atoms with Gasteiger partial charge in [-0.05, 0) is 36.8 Å². The van der Waals surface area contributed by atoms with Gasteiger partial charge in [0.25, 0.3) is 0 Å². The van der Waals surface area contributed by atoms with E-state index in [1.54, 1.807) is 18.2 Å². The summed E-state index contributed by atoms with van der Waals surface area (Å²) in [6.07, 6.45) is 1.81. The number of aryl methyl sites for hydroxylation is 1. The second-order valence-electron chi connectivity index (χ2n) is 4.07. The molecule has 1 heterocycles. The van der Waals surface area contributed by atoms with Gasteiger partial charge >= 0.3 is 5.97 Å². The summed E-state index contributed by atoms with van der Waals surface area (Å²) in [4.78, 5) is 15.1. The van der Waals surface area contributed by atoms with Gasteiger partial charge in [0.05, 0.1) is 17.8 Å². The van der Waals surface area contributed by atoms with Crippen molar-refractivity contribution in [2.45, 2.75) is 13.5 Å². The maximum Gasteiger partial charge on any atom is 0.335 e. The van der Waals surface area contributed by atoms with Crippen LogP contribution in [0.15, 0.2) is 42.6 Å². The van der Waals surface area contributed by atoms with E-state index in [2.05, 4.69) is 10.3 Å². The third-order valence-electron chi connectivity index (χ3n) is 2.56. The summed E-state index contributed by atoms with van der Waals surface area (Å²) in [6.45, 7) is 2.56. The van der Waals surface area contributed by atoms with E-state index >= 15 is 0 Å². The van der Waals surface area contributed by atoms with Crippen LogP contribution in [-0.4, -0.2) is 16.1 Å². The zero-order chi connectivity index (χ0) is 13.0. The van der Waals surface area contributed by atoms with Crippen molar-refractivity contribution in [1.29, 1.82) is 0 Å². The molecular formula is C14H14N2O2. The van der Waals surface area contributed by atoms with Crippen LogP contribution >= 0.6 is 0 Å². The van der Waals surface area contributed by atoms with Crippen LogP contribution in [0.25, 0.3) is 0 Å². The van der Waals surface area contributed by atoms with Gasteiger partial charge in [0.15, 0.2) is 0 Å². The van der Waals surface area contributed by atoms with E-state index in [1.165, 1.54) is 0 Å². The van der Waals surface area contributed by atoms with Crippen molar-refractivity contribution < 1.29 is 9.90 Å². The first kappa shape index (κ1) is 12.1.